The van der Waals surface area contributed by atoms with Crippen LogP contribution in [-0.2, 0) is 0 Å². The van der Waals surface area contributed by atoms with E-state index >= 15 is 0 Å². The molecule has 0 aromatic heterocycles. The fourth-order valence-electron chi connectivity index (χ4n) is 8.67. The summed E-state index contributed by atoms with van der Waals surface area (Å²) < 4.78 is 0. The highest BCUT2D eigenvalue weighted by atomic mass is 16.3. The second-order valence-electron chi connectivity index (χ2n) is 11.6. The summed E-state index contributed by atoms with van der Waals surface area (Å²) in [6.45, 7) is 8.02. The van der Waals surface area contributed by atoms with Crippen molar-refractivity contribution in [2.24, 2.45) is 52.3 Å². The topological polar surface area (TPSA) is 32.3 Å². The molecular formula is C25H41NO. The average Bonchev–Trinajstić information content (AvgIpc) is 3.02. The zero-order valence-corrected chi connectivity index (χ0v) is 17.6. The SMILES string of the molecule is C[C@@]12CCC[C@H]1[C@@H]1C[C@H](CO)C3C[C@H](/C=C\C4CNC4)CC[C@]3(C)[C@H]1CC2. The molecule has 2 nitrogen and oxygen atoms in total. The van der Waals surface area contributed by atoms with Gasteiger partial charge in [0, 0.05) is 25.6 Å². The van der Waals surface area contributed by atoms with Crippen molar-refractivity contribution in [3.8, 4) is 0 Å². The number of nitrogens with one attached hydrogen (secondary N) is 1. The molecule has 0 bridgehead atoms. The molecule has 5 aliphatic rings. The molecule has 1 heterocycles. The number of allylic oxidation sites excluding steroid dienone is 1. The Labute approximate surface area is 166 Å². The first-order valence-electron chi connectivity index (χ1n) is 12.0. The third-order valence-corrected chi connectivity index (χ3v) is 10.4. The zero-order valence-electron chi connectivity index (χ0n) is 17.6. The maximum absolute atomic E-state index is 10.4. The van der Waals surface area contributed by atoms with E-state index in [-0.39, 0.29) is 0 Å². The molecule has 152 valence electrons. The molecular weight excluding hydrogens is 330 g/mol. The fourth-order valence-corrected chi connectivity index (χ4v) is 8.67. The summed E-state index contributed by atoms with van der Waals surface area (Å²) in [7, 11) is 0. The van der Waals surface area contributed by atoms with Gasteiger partial charge in [0.25, 0.3) is 0 Å². The molecule has 0 spiro atoms. The summed E-state index contributed by atoms with van der Waals surface area (Å²) >= 11 is 0. The van der Waals surface area contributed by atoms with Crippen LogP contribution in [0, 0.1) is 52.3 Å². The maximum Gasteiger partial charge on any atom is 0.0462 e. The van der Waals surface area contributed by atoms with Crippen LogP contribution in [0.4, 0.5) is 0 Å². The smallest absolute Gasteiger partial charge is 0.0462 e. The molecule has 27 heavy (non-hydrogen) atoms. The standard InChI is InChI=1S/C25H41NO/c1-24-9-3-4-21(24)20-13-19(16-27)23-12-17(5-6-18-14-26-15-18)7-11-25(23,2)22(20)8-10-24/h5-6,17-23,26-27H,3-4,7-16H2,1-2H3/b6-5-/t17-,19-,20+,21+,22+,23?,24+,25-/m1/s1. The number of rotatable bonds is 3. The van der Waals surface area contributed by atoms with Gasteiger partial charge in [-0.2, -0.15) is 0 Å². The molecule has 2 N–H and O–H groups in total. The van der Waals surface area contributed by atoms with Crippen LogP contribution in [0.3, 0.4) is 0 Å². The molecule has 1 saturated heterocycles. The highest BCUT2D eigenvalue weighted by Gasteiger charge is 2.59. The van der Waals surface area contributed by atoms with E-state index in [0.29, 0.717) is 23.4 Å². The Morgan fingerprint density at radius 1 is 0.889 bits per heavy atom. The van der Waals surface area contributed by atoms with Crippen molar-refractivity contribution in [2.45, 2.75) is 71.6 Å². The Balaban J connectivity index is 1.37. The molecule has 0 aromatic carbocycles. The Bertz CT molecular complexity index is 583. The van der Waals surface area contributed by atoms with E-state index in [9.17, 15) is 5.11 Å². The Hall–Kier alpha value is -0.340. The molecule has 0 radical (unpaired) electrons. The van der Waals surface area contributed by atoms with Crippen molar-refractivity contribution in [1.29, 1.82) is 0 Å². The number of aliphatic hydroxyl groups is 1. The Morgan fingerprint density at radius 3 is 2.44 bits per heavy atom. The Morgan fingerprint density at radius 2 is 1.70 bits per heavy atom. The monoisotopic (exact) mass is 371 g/mol. The third kappa shape index (κ3) is 2.96. The van der Waals surface area contributed by atoms with Gasteiger partial charge in [0.05, 0.1) is 0 Å². The van der Waals surface area contributed by atoms with Crippen molar-refractivity contribution in [2.75, 3.05) is 19.7 Å². The number of hydrogen-bond donors (Lipinski definition) is 2. The number of aliphatic hydroxyl groups excluding tert-OH is 1. The summed E-state index contributed by atoms with van der Waals surface area (Å²) in [5.41, 5.74) is 1.11. The van der Waals surface area contributed by atoms with Crippen molar-refractivity contribution in [3.05, 3.63) is 12.2 Å². The van der Waals surface area contributed by atoms with E-state index < -0.39 is 0 Å². The molecule has 0 amide bonds. The fraction of sp³-hybridized carbons (Fsp3) is 0.920. The molecule has 8 atom stereocenters. The summed E-state index contributed by atoms with van der Waals surface area (Å²) in [6, 6.07) is 0. The van der Waals surface area contributed by atoms with Crippen molar-refractivity contribution in [3.63, 3.8) is 0 Å². The van der Waals surface area contributed by atoms with E-state index in [1.54, 1.807) is 0 Å². The highest BCUT2D eigenvalue weighted by molar-refractivity contribution is 5.11. The molecule has 0 aromatic rings. The van der Waals surface area contributed by atoms with Gasteiger partial charge in [0.1, 0.15) is 0 Å². The van der Waals surface area contributed by atoms with Gasteiger partial charge in [-0.15, -0.1) is 0 Å². The van der Waals surface area contributed by atoms with E-state index in [0.717, 1.165) is 35.5 Å². The Kier molecular flexibility index (Phi) is 4.75. The van der Waals surface area contributed by atoms with Gasteiger partial charge in [0.15, 0.2) is 0 Å². The molecule has 4 saturated carbocycles. The summed E-state index contributed by atoms with van der Waals surface area (Å²) in [4.78, 5) is 0. The summed E-state index contributed by atoms with van der Waals surface area (Å²) in [6.07, 6.45) is 17.8. The molecule has 2 heteroatoms. The van der Waals surface area contributed by atoms with Crippen LogP contribution in [0.1, 0.15) is 71.6 Å². The molecule has 5 rings (SSSR count). The minimum Gasteiger partial charge on any atom is -0.396 e. The first kappa shape index (κ1) is 18.7. The summed E-state index contributed by atoms with van der Waals surface area (Å²) in [5.74, 6) is 5.63. The first-order chi connectivity index (χ1) is 13.0. The predicted octanol–water partition coefficient (Wildman–Crippen LogP) is 5.03. The van der Waals surface area contributed by atoms with E-state index in [4.69, 9.17) is 0 Å². The second-order valence-corrected chi connectivity index (χ2v) is 11.6. The third-order valence-electron chi connectivity index (χ3n) is 10.4. The maximum atomic E-state index is 10.4. The van der Waals surface area contributed by atoms with E-state index in [2.05, 4.69) is 31.3 Å². The molecule has 4 aliphatic carbocycles. The van der Waals surface area contributed by atoms with Crippen molar-refractivity contribution >= 4 is 0 Å². The van der Waals surface area contributed by atoms with Crippen LogP contribution in [0.5, 0.6) is 0 Å². The largest absolute Gasteiger partial charge is 0.396 e. The highest BCUT2D eigenvalue weighted by Crippen LogP contribution is 2.67. The quantitative estimate of drug-likeness (QED) is 0.682. The number of fused-ring (bicyclic) bond motifs is 5. The van der Waals surface area contributed by atoms with Crippen LogP contribution in [-0.4, -0.2) is 24.8 Å². The normalized spacial score (nSPS) is 52.9. The molecule has 1 unspecified atom stereocenters. The van der Waals surface area contributed by atoms with Gasteiger partial charge < -0.3 is 10.4 Å². The lowest BCUT2D eigenvalue weighted by molar-refractivity contribution is -0.141. The predicted molar refractivity (Wildman–Crippen MR) is 111 cm³/mol. The van der Waals surface area contributed by atoms with Gasteiger partial charge in [-0.1, -0.05) is 32.4 Å². The lowest BCUT2D eigenvalue weighted by Gasteiger charge is -2.62. The van der Waals surface area contributed by atoms with E-state index in [1.807, 2.05) is 0 Å². The molecule has 5 fully saturated rings. The minimum absolute atomic E-state index is 0.426. The average molecular weight is 372 g/mol. The van der Waals surface area contributed by atoms with Crippen molar-refractivity contribution < 1.29 is 5.11 Å². The second kappa shape index (κ2) is 6.87. The minimum atomic E-state index is 0.426. The lowest BCUT2D eigenvalue weighted by Crippen LogP contribution is -2.56. The van der Waals surface area contributed by atoms with Gasteiger partial charge in [-0.3, -0.25) is 0 Å². The van der Waals surface area contributed by atoms with Gasteiger partial charge in [0.2, 0.25) is 0 Å². The lowest BCUT2D eigenvalue weighted by atomic mass is 9.42. The van der Waals surface area contributed by atoms with Crippen LogP contribution < -0.4 is 5.32 Å². The van der Waals surface area contributed by atoms with Crippen LogP contribution in [0.2, 0.25) is 0 Å². The molecule has 1 aliphatic heterocycles. The van der Waals surface area contributed by atoms with Gasteiger partial charge in [-0.25, -0.2) is 0 Å². The van der Waals surface area contributed by atoms with E-state index in [1.165, 1.54) is 70.9 Å². The van der Waals surface area contributed by atoms with Crippen LogP contribution >= 0.6 is 0 Å². The van der Waals surface area contributed by atoms with Gasteiger partial charge >= 0.3 is 0 Å². The van der Waals surface area contributed by atoms with Crippen molar-refractivity contribution in [1.82, 2.24) is 5.32 Å². The summed E-state index contributed by atoms with van der Waals surface area (Å²) in [5, 5.41) is 13.7. The van der Waals surface area contributed by atoms with Gasteiger partial charge in [-0.05, 0) is 97.7 Å². The van der Waals surface area contributed by atoms with Crippen LogP contribution in [0.15, 0.2) is 12.2 Å². The zero-order chi connectivity index (χ0) is 18.6. The van der Waals surface area contributed by atoms with Crippen LogP contribution in [0.25, 0.3) is 0 Å². The number of hydrogen-bond acceptors (Lipinski definition) is 2. The first-order valence-corrected chi connectivity index (χ1v) is 12.0.